The second kappa shape index (κ2) is 5.19. The van der Waals surface area contributed by atoms with Crippen LogP contribution < -0.4 is 10.2 Å². The van der Waals surface area contributed by atoms with E-state index < -0.39 is 0 Å². The number of para-hydroxylation sites is 1. The first-order valence-electron chi connectivity index (χ1n) is 7.91. The van der Waals surface area contributed by atoms with Crippen LogP contribution in [0.15, 0.2) is 36.5 Å². The Kier molecular flexibility index (Phi) is 3.19. The third kappa shape index (κ3) is 2.33. The molecule has 110 valence electrons. The summed E-state index contributed by atoms with van der Waals surface area (Å²) < 4.78 is 2.23. The zero-order chi connectivity index (χ0) is 14.2. The molecule has 3 heterocycles. The molecule has 1 N–H and O–H groups in total. The first-order chi connectivity index (χ1) is 10.3. The molecule has 2 aliphatic heterocycles. The Balaban J connectivity index is 1.67. The Morgan fingerprint density at radius 3 is 2.86 bits per heavy atom. The van der Waals surface area contributed by atoms with Crippen molar-refractivity contribution in [3.63, 3.8) is 0 Å². The Morgan fingerprint density at radius 2 is 2.05 bits per heavy atom. The number of nitrogens with one attached hydrogen (secondary N) is 1. The summed E-state index contributed by atoms with van der Waals surface area (Å²) in [4.78, 5) is 7.24. The van der Waals surface area contributed by atoms with E-state index in [-0.39, 0.29) is 0 Å². The monoisotopic (exact) mass is 282 g/mol. The first-order valence-corrected chi connectivity index (χ1v) is 7.91. The van der Waals surface area contributed by atoms with Crippen LogP contribution in [0.3, 0.4) is 0 Å². The lowest BCUT2D eigenvalue weighted by Crippen LogP contribution is -2.40. The van der Waals surface area contributed by atoms with Crippen LogP contribution in [0.4, 0.5) is 5.95 Å². The number of nitrogens with zero attached hydrogens (tertiary/aromatic N) is 3. The molecule has 1 aromatic carbocycles. The molecule has 0 bridgehead atoms. The molecule has 21 heavy (non-hydrogen) atoms. The fourth-order valence-corrected chi connectivity index (χ4v) is 3.70. The highest BCUT2D eigenvalue weighted by atomic mass is 15.3. The number of imidazole rings is 1. The van der Waals surface area contributed by atoms with E-state index in [4.69, 9.17) is 4.98 Å². The van der Waals surface area contributed by atoms with Crippen LogP contribution in [0, 0.1) is 12.8 Å². The summed E-state index contributed by atoms with van der Waals surface area (Å²) >= 11 is 0. The van der Waals surface area contributed by atoms with Crippen LogP contribution in [0.5, 0.6) is 0 Å². The first kappa shape index (κ1) is 12.9. The number of hydrogen-bond donors (Lipinski definition) is 1. The van der Waals surface area contributed by atoms with Gasteiger partial charge in [-0.25, -0.2) is 4.98 Å². The van der Waals surface area contributed by atoms with E-state index in [9.17, 15) is 0 Å². The number of aromatic nitrogens is 2. The molecule has 0 aliphatic carbocycles. The van der Waals surface area contributed by atoms with Crippen molar-refractivity contribution in [2.75, 3.05) is 24.5 Å². The highest BCUT2D eigenvalue weighted by Crippen LogP contribution is 2.30. The molecule has 2 aliphatic rings. The summed E-state index contributed by atoms with van der Waals surface area (Å²) in [6.07, 6.45) is 4.79. The summed E-state index contributed by atoms with van der Waals surface area (Å²) in [6, 6.07) is 11.2. The topological polar surface area (TPSA) is 33.1 Å². The van der Waals surface area contributed by atoms with Crippen molar-refractivity contribution in [2.45, 2.75) is 25.8 Å². The van der Waals surface area contributed by atoms with Crippen molar-refractivity contribution < 1.29 is 0 Å². The minimum atomic E-state index is 0.639. The Labute approximate surface area is 125 Å². The number of rotatable bonds is 2. The van der Waals surface area contributed by atoms with Crippen molar-refractivity contribution in [3.05, 3.63) is 42.2 Å². The zero-order valence-corrected chi connectivity index (χ0v) is 12.5. The molecule has 0 spiro atoms. The lowest BCUT2D eigenvalue weighted by Gasteiger charge is -2.24. The maximum Gasteiger partial charge on any atom is 0.210 e. The summed E-state index contributed by atoms with van der Waals surface area (Å²) in [6.45, 7) is 5.44. The van der Waals surface area contributed by atoms with Gasteiger partial charge >= 0.3 is 0 Å². The SMILES string of the molecule is Cc1cn(-c2ccccc2)c(N2CC3CCCNC3C2)n1. The van der Waals surface area contributed by atoms with E-state index in [0.29, 0.717) is 6.04 Å². The van der Waals surface area contributed by atoms with Crippen molar-refractivity contribution in [1.29, 1.82) is 0 Å². The number of benzene rings is 1. The van der Waals surface area contributed by atoms with Crippen LogP contribution in [0.2, 0.25) is 0 Å². The van der Waals surface area contributed by atoms with Crippen LogP contribution >= 0.6 is 0 Å². The number of anilines is 1. The van der Waals surface area contributed by atoms with E-state index in [0.717, 1.165) is 30.6 Å². The van der Waals surface area contributed by atoms with Gasteiger partial charge in [0, 0.05) is 31.0 Å². The van der Waals surface area contributed by atoms with Crippen molar-refractivity contribution >= 4 is 5.95 Å². The van der Waals surface area contributed by atoms with Gasteiger partial charge in [0.05, 0.1) is 5.69 Å². The predicted octanol–water partition coefficient (Wildman–Crippen LogP) is 2.37. The number of piperidine rings is 1. The summed E-state index contributed by atoms with van der Waals surface area (Å²) in [5, 5.41) is 3.67. The van der Waals surface area contributed by atoms with Gasteiger partial charge in [-0.05, 0) is 44.4 Å². The van der Waals surface area contributed by atoms with Gasteiger partial charge in [-0.15, -0.1) is 0 Å². The summed E-state index contributed by atoms with van der Waals surface area (Å²) in [5.41, 5.74) is 2.27. The second-order valence-electron chi connectivity index (χ2n) is 6.26. The van der Waals surface area contributed by atoms with Crippen LogP contribution in [-0.2, 0) is 0 Å². The predicted molar refractivity (Wildman–Crippen MR) is 85.0 cm³/mol. The highest BCUT2D eigenvalue weighted by molar-refractivity contribution is 5.46. The molecule has 4 rings (SSSR count). The number of fused-ring (bicyclic) bond motifs is 1. The van der Waals surface area contributed by atoms with E-state index in [1.165, 1.54) is 25.1 Å². The molecule has 0 radical (unpaired) electrons. The van der Waals surface area contributed by atoms with E-state index in [1.54, 1.807) is 0 Å². The van der Waals surface area contributed by atoms with Gasteiger partial charge in [0.1, 0.15) is 0 Å². The molecule has 2 atom stereocenters. The molecule has 0 saturated carbocycles. The summed E-state index contributed by atoms with van der Waals surface area (Å²) in [7, 11) is 0. The van der Waals surface area contributed by atoms with Crippen LogP contribution in [-0.4, -0.2) is 35.2 Å². The lowest BCUT2D eigenvalue weighted by molar-refractivity contribution is 0.340. The molecule has 2 saturated heterocycles. The zero-order valence-electron chi connectivity index (χ0n) is 12.5. The maximum atomic E-state index is 4.79. The van der Waals surface area contributed by atoms with Gasteiger partial charge in [-0.2, -0.15) is 0 Å². The van der Waals surface area contributed by atoms with Crippen molar-refractivity contribution in [2.24, 2.45) is 5.92 Å². The molecule has 2 unspecified atom stereocenters. The largest absolute Gasteiger partial charge is 0.340 e. The lowest BCUT2D eigenvalue weighted by atomic mass is 9.94. The van der Waals surface area contributed by atoms with E-state index in [1.807, 2.05) is 0 Å². The van der Waals surface area contributed by atoms with Gasteiger partial charge in [0.2, 0.25) is 5.95 Å². The van der Waals surface area contributed by atoms with Gasteiger partial charge in [0.25, 0.3) is 0 Å². The van der Waals surface area contributed by atoms with Crippen LogP contribution in [0.25, 0.3) is 5.69 Å². The standard InChI is InChI=1S/C17H22N4/c1-13-10-21(15-7-3-2-4-8-15)17(19-13)20-11-14-6-5-9-18-16(14)12-20/h2-4,7-8,10,14,16,18H,5-6,9,11-12H2,1H3. The molecular formula is C17H22N4. The van der Waals surface area contributed by atoms with E-state index in [2.05, 4.69) is 58.2 Å². The molecular weight excluding hydrogens is 260 g/mol. The van der Waals surface area contributed by atoms with Gasteiger partial charge in [0.15, 0.2) is 0 Å². The van der Waals surface area contributed by atoms with Crippen molar-refractivity contribution in [1.82, 2.24) is 14.9 Å². The van der Waals surface area contributed by atoms with Gasteiger partial charge in [-0.1, -0.05) is 18.2 Å². The third-order valence-corrected chi connectivity index (χ3v) is 4.72. The molecule has 4 nitrogen and oxygen atoms in total. The Bertz CT molecular complexity index is 605. The quantitative estimate of drug-likeness (QED) is 0.918. The third-order valence-electron chi connectivity index (χ3n) is 4.72. The minimum Gasteiger partial charge on any atom is -0.340 e. The minimum absolute atomic E-state index is 0.639. The Hall–Kier alpha value is -1.81. The second-order valence-corrected chi connectivity index (χ2v) is 6.26. The van der Waals surface area contributed by atoms with Gasteiger partial charge < -0.3 is 10.2 Å². The van der Waals surface area contributed by atoms with E-state index >= 15 is 0 Å². The summed E-state index contributed by atoms with van der Waals surface area (Å²) in [5.74, 6) is 1.87. The Morgan fingerprint density at radius 1 is 1.19 bits per heavy atom. The molecule has 1 aromatic heterocycles. The highest BCUT2D eigenvalue weighted by Gasteiger charge is 2.35. The average Bonchev–Trinajstić information content (AvgIpc) is 3.11. The molecule has 2 aromatic rings. The molecule has 2 fully saturated rings. The van der Waals surface area contributed by atoms with Gasteiger partial charge in [-0.3, -0.25) is 4.57 Å². The number of aryl methyl sites for hydroxylation is 1. The smallest absolute Gasteiger partial charge is 0.210 e. The van der Waals surface area contributed by atoms with Crippen molar-refractivity contribution in [3.8, 4) is 5.69 Å². The fourth-order valence-electron chi connectivity index (χ4n) is 3.70. The molecule has 4 heteroatoms. The molecule has 0 amide bonds. The average molecular weight is 282 g/mol. The fraction of sp³-hybridized carbons (Fsp3) is 0.471. The maximum absolute atomic E-state index is 4.79. The van der Waals surface area contributed by atoms with Crippen LogP contribution in [0.1, 0.15) is 18.5 Å². The normalized spacial score (nSPS) is 25.1. The number of hydrogen-bond acceptors (Lipinski definition) is 3.